The zero-order valence-corrected chi connectivity index (χ0v) is 14.2. The molecule has 0 radical (unpaired) electrons. The van der Waals surface area contributed by atoms with Crippen LogP contribution >= 0.6 is 0 Å². The van der Waals surface area contributed by atoms with Crippen molar-refractivity contribution in [1.29, 1.82) is 0 Å². The van der Waals surface area contributed by atoms with E-state index in [1.165, 1.54) is 0 Å². The molecule has 0 unspecified atom stereocenters. The largest absolute Gasteiger partial charge is 0.343 e. The van der Waals surface area contributed by atoms with E-state index in [1.807, 2.05) is 21.6 Å². The van der Waals surface area contributed by atoms with Gasteiger partial charge in [0, 0.05) is 44.8 Å². The van der Waals surface area contributed by atoms with Crippen molar-refractivity contribution in [3.63, 3.8) is 0 Å². The van der Waals surface area contributed by atoms with E-state index < -0.39 is 0 Å². The molecule has 1 aliphatic rings. The van der Waals surface area contributed by atoms with Crippen molar-refractivity contribution in [2.75, 3.05) is 13.1 Å². The highest BCUT2D eigenvalue weighted by Crippen LogP contribution is 2.26. The fraction of sp³-hybridized carbons (Fsp3) is 0.389. The quantitative estimate of drug-likeness (QED) is 0.731. The molecule has 128 valence electrons. The lowest BCUT2D eigenvalue weighted by molar-refractivity contribution is -0.130. The second-order valence-corrected chi connectivity index (χ2v) is 6.46. The van der Waals surface area contributed by atoms with Gasteiger partial charge in [0.2, 0.25) is 11.7 Å². The van der Waals surface area contributed by atoms with Crippen molar-refractivity contribution >= 4 is 11.7 Å². The topological polar surface area (TPSA) is 76.3 Å². The Morgan fingerprint density at radius 1 is 1.20 bits per heavy atom. The number of nitrogens with zero attached hydrogens (tertiary/aromatic N) is 6. The van der Waals surface area contributed by atoms with E-state index >= 15 is 0 Å². The van der Waals surface area contributed by atoms with Crippen LogP contribution in [0, 0.1) is 5.92 Å². The summed E-state index contributed by atoms with van der Waals surface area (Å²) in [6.45, 7) is 3.29. The van der Waals surface area contributed by atoms with Gasteiger partial charge in [-0.1, -0.05) is 0 Å². The number of imidazole rings is 1. The predicted molar refractivity (Wildman–Crippen MR) is 92.7 cm³/mol. The molecule has 0 spiro atoms. The number of carbonyl (C=O) groups is 1. The maximum absolute atomic E-state index is 11.7. The third-order valence-electron chi connectivity index (χ3n) is 4.75. The molecule has 1 saturated heterocycles. The molecule has 0 saturated carbocycles. The van der Waals surface area contributed by atoms with Crippen LogP contribution in [0.2, 0.25) is 0 Å². The van der Waals surface area contributed by atoms with Crippen molar-refractivity contribution in [3.8, 4) is 11.4 Å². The van der Waals surface area contributed by atoms with Crippen LogP contribution in [0.1, 0.15) is 25.5 Å². The van der Waals surface area contributed by atoms with E-state index in [1.54, 1.807) is 31.7 Å². The number of hydrogen-bond acceptors (Lipinski definition) is 5. The number of rotatable bonds is 3. The maximum Gasteiger partial charge on any atom is 0.234 e. The zero-order valence-electron chi connectivity index (χ0n) is 14.2. The second kappa shape index (κ2) is 6.58. The first kappa shape index (κ1) is 15.7. The van der Waals surface area contributed by atoms with Crippen molar-refractivity contribution in [2.24, 2.45) is 5.92 Å². The molecular weight excluding hydrogens is 316 g/mol. The van der Waals surface area contributed by atoms with E-state index in [2.05, 4.69) is 19.9 Å². The Balaban J connectivity index is 1.65. The summed E-state index contributed by atoms with van der Waals surface area (Å²) in [5.41, 5.74) is 2.68. The van der Waals surface area contributed by atoms with E-state index in [9.17, 15) is 4.79 Å². The smallest absolute Gasteiger partial charge is 0.234 e. The minimum atomic E-state index is 0.150. The molecule has 7 nitrogen and oxygen atoms in total. The van der Waals surface area contributed by atoms with Gasteiger partial charge in [0.15, 0.2) is 0 Å². The van der Waals surface area contributed by atoms with Gasteiger partial charge in [0.25, 0.3) is 0 Å². The predicted octanol–water partition coefficient (Wildman–Crippen LogP) is 1.99. The monoisotopic (exact) mass is 336 g/mol. The van der Waals surface area contributed by atoms with Crippen LogP contribution in [0.15, 0.2) is 37.1 Å². The lowest BCUT2D eigenvalue weighted by Crippen LogP contribution is -2.39. The molecular formula is C18H20N6O. The summed E-state index contributed by atoms with van der Waals surface area (Å²) in [7, 11) is 0. The van der Waals surface area contributed by atoms with E-state index in [4.69, 9.17) is 0 Å². The molecule has 1 fully saturated rings. The first-order valence-electron chi connectivity index (χ1n) is 8.56. The van der Waals surface area contributed by atoms with Crippen LogP contribution in [-0.2, 0) is 11.2 Å². The number of fused-ring (bicyclic) bond motifs is 1. The lowest BCUT2D eigenvalue weighted by atomic mass is 9.92. The van der Waals surface area contributed by atoms with Gasteiger partial charge in [0.1, 0.15) is 5.69 Å². The number of amides is 1. The number of aromatic nitrogens is 5. The first-order chi connectivity index (χ1) is 12.2. The highest BCUT2D eigenvalue weighted by Gasteiger charge is 2.24. The first-order valence-corrected chi connectivity index (χ1v) is 8.56. The van der Waals surface area contributed by atoms with Crippen LogP contribution in [-0.4, -0.2) is 48.2 Å². The molecule has 0 aromatic carbocycles. The van der Waals surface area contributed by atoms with E-state index in [-0.39, 0.29) is 5.91 Å². The molecule has 25 heavy (non-hydrogen) atoms. The summed E-state index contributed by atoms with van der Waals surface area (Å²) in [5, 5.41) is 0. The molecule has 1 aliphatic heterocycles. The Morgan fingerprint density at radius 2 is 2.08 bits per heavy atom. The fourth-order valence-corrected chi connectivity index (χ4v) is 3.52. The Labute approximate surface area is 145 Å². The van der Waals surface area contributed by atoms with Gasteiger partial charge in [-0.3, -0.25) is 19.2 Å². The standard InChI is InChI=1S/C18H20N6O/c1-13(25)23-8-2-4-14(12-23)10-15-17(20-7-6-19-15)16-11-22-18-21-5-3-9-24(16)18/h3,5-7,9,11,14H,2,4,8,10,12H2,1H3/t14-/m1/s1. The molecule has 3 aromatic heterocycles. The van der Waals surface area contributed by atoms with Crippen molar-refractivity contribution < 1.29 is 4.79 Å². The number of carbonyl (C=O) groups excluding carboxylic acids is 1. The van der Waals surface area contributed by atoms with E-state index in [0.29, 0.717) is 11.7 Å². The minimum Gasteiger partial charge on any atom is -0.343 e. The Kier molecular flexibility index (Phi) is 4.13. The average molecular weight is 336 g/mol. The number of piperidine rings is 1. The van der Waals surface area contributed by atoms with Crippen molar-refractivity contribution in [1.82, 2.24) is 29.2 Å². The number of likely N-dealkylation sites (tertiary alicyclic amines) is 1. The third kappa shape index (κ3) is 3.09. The van der Waals surface area contributed by atoms with Gasteiger partial charge in [-0.25, -0.2) is 9.97 Å². The normalized spacial score (nSPS) is 17.8. The third-order valence-corrected chi connectivity index (χ3v) is 4.75. The summed E-state index contributed by atoms with van der Waals surface area (Å²) in [6.07, 6.45) is 11.8. The Morgan fingerprint density at radius 3 is 2.96 bits per heavy atom. The molecule has 0 bridgehead atoms. The SMILES string of the molecule is CC(=O)N1CCC[C@H](Cc2nccnc2-c2cnc3ncccn23)C1. The van der Waals surface area contributed by atoms with Gasteiger partial charge in [0.05, 0.1) is 17.6 Å². The highest BCUT2D eigenvalue weighted by atomic mass is 16.2. The van der Waals surface area contributed by atoms with E-state index in [0.717, 1.165) is 49.4 Å². The minimum absolute atomic E-state index is 0.150. The molecule has 3 aromatic rings. The molecule has 4 heterocycles. The van der Waals surface area contributed by atoms with Gasteiger partial charge >= 0.3 is 0 Å². The van der Waals surface area contributed by atoms with Crippen molar-refractivity contribution in [3.05, 3.63) is 42.7 Å². The second-order valence-electron chi connectivity index (χ2n) is 6.46. The van der Waals surface area contributed by atoms with Gasteiger partial charge in [-0.15, -0.1) is 0 Å². The van der Waals surface area contributed by atoms with Gasteiger partial charge in [-0.05, 0) is 31.2 Å². The van der Waals surface area contributed by atoms with Gasteiger partial charge < -0.3 is 4.90 Å². The van der Waals surface area contributed by atoms with Crippen LogP contribution in [0.25, 0.3) is 17.2 Å². The summed E-state index contributed by atoms with van der Waals surface area (Å²) < 4.78 is 1.93. The Bertz CT molecular complexity index is 905. The molecule has 0 N–H and O–H groups in total. The fourth-order valence-electron chi connectivity index (χ4n) is 3.52. The molecule has 4 rings (SSSR count). The lowest BCUT2D eigenvalue weighted by Gasteiger charge is -2.32. The summed E-state index contributed by atoms with van der Waals surface area (Å²) >= 11 is 0. The molecule has 1 atom stereocenters. The van der Waals surface area contributed by atoms with Gasteiger partial charge in [-0.2, -0.15) is 0 Å². The Hall–Kier alpha value is -2.83. The molecule has 7 heteroatoms. The number of hydrogen-bond donors (Lipinski definition) is 0. The summed E-state index contributed by atoms with van der Waals surface area (Å²) in [4.78, 5) is 31.4. The van der Waals surface area contributed by atoms with Crippen molar-refractivity contribution in [2.45, 2.75) is 26.2 Å². The van der Waals surface area contributed by atoms with Crippen LogP contribution < -0.4 is 0 Å². The zero-order chi connectivity index (χ0) is 17.2. The maximum atomic E-state index is 11.7. The summed E-state index contributed by atoms with van der Waals surface area (Å²) in [5.74, 6) is 1.21. The molecule has 0 aliphatic carbocycles. The molecule has 1 amide bonds. The highest BCUT2D eigenvalue weighted by molar-refractivity contribution is 5.73. The summed E-state index contributed by atoms with van der Waals surface area (Å²) in [6, 6.07) is 1.88. The van der Waals surface area contributed by atoms with Crippen LogP contribution in [0.3, 0.4) is 0 Å². The van der Waals surface area contributed by atoms with Crippen LogP contribution in [0.5, 0.6) is 0 Å². The average Bonchev–Trinajstić information content (AvgIpc) is 3.06. The van der Waals surface area contributed by atoms with Crippen LogP contribution in [0.4, 0.5) is 0 Å².